The molecule has 22 heavy (non-hydrogen) atoms. The third kappa shape index (κ3) is 3.29. The molecule has 0 bridgehead atoms. The molecule has 5 nitrogen and oxygen atoms in total. The van der Waals surface area contributed by atoms with Gasteiger partial charge in [0, 0.05) is 42.6 Å². The molecule has 1 aromatic carbocycles. The molecule has 0 aliphatic carbocycles. The van der Waals surface area contributed by atoms with Crippen molar-refractivity contribution in [2.75, 3.05) is 26.2 Å². The molecule has 2 heterocycles. The van der Waals surface area contributed by atoms with Crippen molar-refractivity contribution in [3.63, 3.8) is 0 Å². The fourth-order valence-corrected chi connectivity index (χ4v) is 3.24. The molecule has 2 aromatic rings. The first-order valence-electron chi connectivity index (χ1n) is 7.21. The van der Waals surface area contributed by atoms with E-state index in [9.17, 15) is 4.79 Å². The molecule has 7 heteroatoms. The lowest BCUT2D eigenvalue weighted by atomic mass is 10.1. The van der Waals surface area contributed by atoms with Crippen molar-refractivity contribution in [3.8, 4) is 0 Å². The van der Waals surface area contributed by atoms with Crippen molar-refractivity contribution in [3.05, 3.63) is 45.9 Å². The van der Waals surface area contributed by atoms with Crippen molar-refractivity contribution in [1.82, 2.24) is 19.4 Å². The highest BCUT2D eigenvalue weighted by molar-refractivity contribution is 7.03. The maximum absolute atomic E-state index is 12.2. The van der Waals surface area contributed by atoms with E-state index >= 15 is 0 Å². The summed E-state index contributed by atoms with van der Waals surface area (Å²) in [6.45, 7) is 5.33. The summed E-state index contributed by atoms with van der Waals surface area (Å²) in [6.07, 6.45) is 0. The van der Waals surface area contributed by atoms with E-state index in [0.717, 1.165) is 18.1 Å². The zero-order chi connectivity index (χ0) is 15.5. The number of benzene rings is 1. The number of nitrogens with zero attached hydrogens (tertiary/aromatic N) is 4. The topological polar surface area (TPSA) is 49.3 Å². The van der Waals surface area contributed by atoms with Gasteiger partial charge in [-0.05, 0) is 36.2 Å². The molecule has 0 unspecified atom stereocenters. The van der Waals surface area contributed by atoms with E-state index in [0.29, 0.717) is 24.8 Å². The molecule has 0 spiro atoms. The standard InChI is InChI=1S/C15H17ClN4OS/c1-11(12-2-4-13(16)5-3-12)19-6-8-20(9-7-19)15(21)14-10-22-18-17-14/h2-5,10-11H,6-9H2,1H3/t11-/m0/s1. The Morgan fingerprint density at radius 1 is 1.23 bits per heavy atom. The van der Waals surface area contributed by atoms with E-state index in [1.807, 2.05) is 17.0 Å². The molecular weight excluding hydrogens is 320 g/mol. The molecule has 0 saturated carbocycles. The Morgan fingerprint density at radius 2 is 1.91 bits per heavy atom. The zero-order valence-corrected chi connectivity index (χ0v) is 13.8. The smallest absolute Gasteiger partial charge is 0.275 e. The molecule has 1 aliphatic rings. The SMILES string of the molecule is C[C@@H](c1ccc(Cl)cc1)N1CCN(C(=O)c2csnn2)CC1. The maximum atomic E-state index is 12.2. The summed E-state index contributed by atoms with van der Waals surface area (Å²) < 4.78 is 3.75. The second-order valence-corrected chi connectivity index (χ2v) is 6.39. The van der Waals surface area contributed by atoms with E-state index in [1.165, 1.54) is 17.1 Å². The van der Waals surface area contributed by atoms with Crippen LogP contribution in [0.25, 0.3) is 0 Å². The number of carbonyl (C=O) groups excluding carboxylic acids is 1. The van der Waals surface area contributed by atoms with Gasteiger partial charge in [-0.1, -0.05) is 28.2 Å². The van der Waals surface area contributed by atoms with Gasteiger partial charge < -0.3 is 4.90 Å². The average molecular weight is 337 g/mol. The van der Waals surface area contributed by atoms with Gasteiger partial charge in [0.05, 0.1) is 0 Å². The second-order valence-electron chi connectivity index (χ2n) is 5.35. The quantitative estimate of drug-likeness (QED) is 0.864. The lowest BCUT2D eigenvalue weighted by Gasteiger charge is -2.38. The van der Waals surface area contributed by atoms with E-state index in [-0.39, 0.29) is 5.91 Å². The van der Waals surface area contributed by atoms with Crippen LogP contribution in [0.2, 0.25) is 5.02 Å². The van der Waals surface area contributed by atoms with Crippen LogP contribution in [-0.2, 0) is 0 Å². The third-order valence-corrected chi connectivity index (χ3v) is 4.84. The Balaban J connectivity index is 1.59. The number of carbonyl (C=O) groups is 1. The molecule has 1 atom stereocenters. The Hall–Kier alpha value is -1.50. The molecule has 1 aliphatic heterocycles. The van der Waals surface area contributed by atoms with Crippen LogP contribution >= 0.6 is 23.1 Å². The number of halogens is 1. The fourth-order valence-electron chi connectivity index (χ4n) is 2.68. The lowest BCUT2D eigenvalue weighted by molar-refractivity contribution is 0.0576. The normalized spacial score (nSPS) is 17.5. The predicted molar refractivity (Wildman–Crippen MR) is 87.3 cm³/mol. The van der Waals surface area contributed by atoms with Gasteiger partial charge in [-0.3, -0.25) is 9.69 Å². The average Bonchev–Trinajstić information content (AvgIpc) is 3.09. The Bertz CT molecular complexity index is 624. The predicted octanol–water partition coefficient (Wildman–Crippen LogP) is 2.71. The van der Waals surface area contributed by atoms with Crippen LogP contribution in [0.15, 0.2) is 29.6 Å². The Kier molecular flexibility index (Phi) is 4.71. The minimum Gasteiger partial charge on any atom is -0.335 e. The summed E-state index contributed by atoms with van der Waals surface area (Å²) in [7, 11) is 0. The molecular formula is C15H17ClN4OS. The van der Waals surface area contributed by atoms with Crippen molar-refractivity contribution in [2.45, 2.75) is 13.0 Å². The van der Waals surface area contributed by atoms with Crippen LogP contribution in [0.1, 0.15) is 29.0 Å². The van der Waals surface area contributed by atoms with Gasteiger partial charge in [0.25, 0.3) is 5.91 Å². The number of rotatable bonds is 3. The van der Waals surface area contributed by atoms with Crippen LogP contribution in [0, 0.1) is 0 Å². The highest BCUT2D eigenvalue weighted by atomic mass is 35.5. The number of aromatic nitrogens is 2. The van der Waals surface area contributed by atoms with Crippen LogP contribution in [-0.4, -0.2) is 51.5 Å². The first kappa shape index (κ1) is 15.4. The number of piperazine rings is 1. The molecule has 1 saturated heterocycles. The fraction of sp³-hybridized carbons (Fsp3) is 0.400. The Labute approximate surface area is 138 Å². The molecule has 1 aromatic heterocycles. The summed E-state index contributed by atoms with van der Waals surface area (Å²) in [4.78, 5) is 16.5. The van der Waals surface area contributed by atoms with E-state index in [1.54, 1.807) is 5.38 Å². The monoisotopic (exact) mass is 336 g/mol. The van der Waals surface area contributed by atoms with E-state index < -0.39 is 0 Å². The van der Waals surface area contributed by atoms with Crippen molar-refractivity contribution in [1.29, 1.82) is 0 Å². The molecule has 1 amide bonds. The largest absolute Gasteiger partial charge is 0.335 e. The molecule has 116 valence electrons. The maximum Gasteiger partial charge on any atom is 0.275 e. The number of hydrogen-bond acceptors (Lipinski definition) is 5. The van der Waals surface area contributed by atoms with Gasteiger partial charge in [0.15, 0.2) is 5.69 Å². The third-order valence-electron chi connectivity index (χ3n) is 4.08. The van der Waals surface area contributed by atoms with Gasteiger partial charge in [-0.25, -0.2) is 0 Å². The second kappa shape index (κ2) is 6.73. The van der Waals surface area contributed by atoms with Crippen LogP contribution in [0.4, 0.5) is 0 Å². The first-order chi connectivity index (χ1) is 10.6. The summed E-state index contributed by atoms with van der Waals surface area (Å²) in [5, 5.41) is 6.30. The van der Waals surface area contributed by atoms with Crippen LogP contribution in [0.3, 0.4) is 0 Å². The molecule has 1 fully saturated rings. The Morgan fingerprint density at radius 3 is 2.50 bits per heavy atom. The molecule has 3 rings (SSSR count). The summed E-state index contributed by atoms with van der Waals surface area (Å²) in [6, 6.07) is 8.28. The van der Waals surface area contributed by atoms with Crippen molar-refractivity contribution >= 4 is 29.0 Å². The summed E-state index contributed by atoms with van der Waals surface area (Å²) >= 11 is 7.14. The van der Waals surface area contributed by atoms with Crippen LogP contribution < -0.4 is 0 Å². The zero-order valence-electron chi connectivity index (χ0n) is 12.3. The van der Waals surface area contributed by atoms with E-state index in [4.69, 9.17) is 11.6 Å². The molecule has 0 radical (unpaired) electrons. The van der Waals surface area contributed by atoms with Crippen molar-refractivity contribution in [2.24, 2.45) is 0 Å². The summed E-state index contributed by atoms with van der Waals surface area (Å²) in [5.74, 6) is -0.0208. The van der Waals surface area contributed by atoms with Gasteiger partial charge >= 0.3 is 0 Å². The molecule has 0 N–H and O–H groups in total. The number of hydrogen-bond donors (Lipinski definition) is 0. The number of amides is 1. The minimum atomic E-state index is -0.0208. The minimum absolute atomic E-state index is 0.0208. The lowest BCUT2D eigenvalue weighted by Crippen LogP contribution is -2.49. The van der Waals surface area contributed by atoms with Crippen molar-refractivity contribution < 1.29 is 4.79 Å². The summed E-state index contributed by atoms with van der Waals surface area (Å²) in [5.41, 5.74) is 1.69. The van der Waals surface area contributed by atoms with Gasteiger partial charge in [-0.15, -0.1) is 5.10 Å². The first-order valence-corrected chi connectivity index (χ1v) is 8.42. The van der Waals surface area contributed by atoms with Gasteiger partial charge in [0.1, 0.15) is 0 Å². The van der Waals surface area contributed by atoms with E-state index in [2.05, 4.69) is 33.5 Å². The van der Waals surface area contributed by atoms with Gasteiger partial charge in [-0.2, -0.15) is 0 Å². The highest BCUT2D eigenvalue weighted by Crippen LogP contribution is 2.23. The van der Waals surface area contributed by atoms with Gasteiger partial charge in [0.2, 0.25) is 0 Å². The van der Waals surface area contributed by atoms with Crippen LogP contribution in [0.5, 0.6) is 0 Å². The highest BCUT2D eigenvalue weighted by Gasteiger charge is 2.26.